The molecule has 0 amide bonds. The van der Waals surface area contributed by atoms with Crippen molar-refractivity contribution >= 4 is 5.78 Å². The predicted molar refractivity (Wildman–Crippen MR) is 67.0 cm³/mol. The van der Waals surface area contributed by atoms with Crippen LogP contribution in [0.15, 0.2) is 30.5 Å². The van der Waals surface area contributed by atoms with Crippen LogP contribution in [-0.2, 0) is 19.9 Å². The van der Waals surface area contributed by atoms with E-state index in [0.29, 0.717) is 17.5 Å². The monoisotopic (exact) mass is 246 g/mol. The first-order valence-electron chi connectivity index (χ1n) is 5.91. The van der Waals surface area contributed by atoms with Gasteiger partial charge in [-0.05, 0) is 18.1 Å². The van der Waals surface area contributed by atoms with Crippen LogP contribution < -0.4 is 0 Å². The lowest BCUT2D eigenvalue weighted by Gasteiger charge is -2.02. The van der Waals surface area contributed by atoms with Crippen LogP contribution in [0.3, 0.4) is 0 Å². The van der Waals surface area contributed by atoms with Gasteiger partial charge in [-0.15, -0.1) is 0 Å². The van der Waals surface area contributed by atoms with E-state index >= 15 is 0 Å². The molecule has 2 aromatic rings. The molecule has 0 spiro atoms. The van der Waals surface area contributed by atoms with Crippen LogP contribution in [-0.4, -0.2) is 15.6 Å². The lowest BCUT2D eigenvalue weighted by Crippen LogP contribution is -2.06. The lowest BCUT2D eigenvalue weighted by molar-refractivity contribution is 0.0991. The summed E-state index contributed by atoms with van der Waals surface area (Å²) in [6.45, 7) is 1.95. The Labute approximate surface area is 105 Å². The van der Waals surface area contributed by atoms with E-state index in [1.165, 1.54) is 6.07 Å². The number of aromatic nitrogens is 2. The number of rotatable bonds is 4. The number of hydrogen-bond acceptors (Lipinski definition) is 2. The molecule has 2 rings (SSSR count). The molecule has 94 valence electrons. The summed E-state index contributed by atoms with van der Waals surface area (Å²) in [6, 6.07) is 6.35. The van der Waals surface area contributed by atoms with Gasteiger partial charge in [0.25, 0.3) is 0 Å². The van der Waals surface area contributed by atoms with Gasteiger partial charge in [-0.2, -0.15) is 5.10 Å². The number of carbonyl (C=O) groups is 1. The van der Waals surface area contributed by atoms with Crippen molar-refractivity contribution in [3.05, 3.63) is 53.1 Å². The SMILES string of the molecule is CCc1nn(C)cc1C(=O)Cc1ccccc1F. The second-order valence-electron chi connectivity index (χ2n) is 4.21. The highest BCUT2D eigenvalue weighted by atomic mass is 19.1. The zero-order valence-corrected chi connectivity index (χ0v) is 10.5. The third kappa shape index (κ3) is 2.47. The zero-order chi connectivity index (χ0) is 13.1. The molecule has 0 atom stereocenters. The molecule has 1 heterocycles. The first kappa shape index (κ1) is 12.5. The molecule has 0 aliphatic heterocycles. The second-order valence-corrected chi connectivity index (χ2v) is 4.21. The Morgan fingerprint density at radius 3 is 2.78 bits per heavy atom. The summed E-state index contributed by atoms with van der Waals surface area (Å²) < 4.78 is 15.1. The fourth-order valence-corrected chi connectivity index (χ4v) is 1.94. The summed E-state index contributed by atoms with van der Waals surface area (Å²) in [5, 5.41) is 4.22. The highest BCUT2D eigenvalue weighted by molar-refractivity contribution is 5.98. The molecule has 0 aliphatic carbocycles. The Morgan fingerprint density at radius 1 is 1.39 bits per heavy atom. The third-order valence-electron chi connectivity index (χ3n) is 2.85. The maximum atomic E-state index is 13.5. The van der Waals surface area contributed by atoms with Gasteiger partial charge in [0, 0.05) is 19.7 Å². The minimum atomic E-state index is -0.340. The van der Waals surface area contributed by atoms with Gasteiger partial charge in [0.15, 0.2) is 5.78 Å². The molecule has 0 radical (unpaired) electrons. The Balaban J connectivity index is 2.25. The van der Waals surface area contributed by atoms with E-state index < -0.39 is 0 Å². The average Bonchev–Trinajstić information content (AvgIpc) is 2.73. The van der Waals surface area contributed by atoms with Gasteiger partial charge in [-0.1, -0.05) is 25.1 Å². The van der Waals surface area contributed by atoms with Crippen molar-refractivity contribution in [1.29, 1.82) is 0 Å². The summed E-state index contributed by atoms with van der Waals surface area (Å²) in [4.78, 5) is 12.1. The second kappa shape index (κ2) is 5.12. The summed E-state index contributed by atoms with van der Waals surface area (Å²) in [7, 11) is 1.78. The van der Waals surface area contributed by atoms with Crippen molar-refractivity contribution in [3.63, 3.8) is 0 Å². The summed E-state index contributed by atoms with van der Waals surface area (Å²) in [6.07, 6.45) is 2.46. The molecule has 0 saturated heterocycles. The van der Waals surface area contributed by atoms with Gasteiger partial charge in [0.1, 0.15) is 5.82 Å². The van der Waals surface area contributed by atoms with Crippen LogP contribution >= 0.6 is 0 Å². The van der Waals surface area contributed by atoms with Gasteiger partial charge in [0.05, 0.1) is 11.3 Å². The van der Waals surface area contributed by atoms with E-state index in [9.17, 15) is 9.18 Å². The average molecular weight is 246 g/mol. The third-order valence-corrected chi connectivity index (χ3v) is 2.85. The zero-order valence-electron chi connectivity index (χ0n) is 10.5. The van der Waals surface area contributed by atoms with E-state index in [0.717, 1.165) is 5.69 Å². The van der Waals surface area contributed by atoms with Gasteiger partial charge >= 0.3 is 0 Å². The van der Waals surface area contributed by atoms with Crippen LogP contribution in [0.4, 0.5) is 4.39 Å². The minimum absolute atomic E-state index is 0.0748. The molecule has 0 unspecified atom stereocenters. The van der Waals surface area contributed by atoms with Crippen molar-refractivity contribution in [3.8, 4) is 0 Å². The number of nitrogens with zero attached hydrogens (tertiary/aromatic N) is 2. The van der Waals surface area contributed by atoms with E-state index in [-0.39, 0.29) is 18.0 Å². The number of hydrogen-bond donors (Lipinski definition) is 0. The normalized spacial score (nSPS) is 10.6. The van der Waals surface area contributed by atoms with Gasteiger partial charge in [0.2, 0.25) is 0 Å². The van der Waals surface area contributed by atoms with Crippen molar-refractivity contribution in [2.24, 2.45) is 7.05 Å². The Bertz CT molecular complexity index is 575. The Kier molecular flexibility index (Phi) is 3.55. The molecule has 0 N–H and O–H groups in total. The van der Waals surface area contributed by atoms with Crippen molar-refractivity contribution in [2.45, 2.75) is 19.8 Å². The number of halogens is 1. The molecular weight excluding hydrogens is 231 g/mol. The molecule has 1 aromatic heterocycles. The Morgan fingerprint density at radius 2 is 2.11 bits per heavy atom. The van der Waals surface area contributed by atoms with Crippen molar-refractivity contribution in [1.82, 2.24) is 9.78 Å². The highest BCUT2D eigenvalue weighted by Crippen LogP contribution is 2.14. The molecule has 3 nitrogen and oxygen atoms in total. The number of benzene rings is 1. The van der Waals surface area contributed by atoms with Crippen molar-refractivity contribution in [2.75, 3.05) is 0 Å². The molecular formula is C14H15FN2O. The first-order chi connectivity index (χ1) is 8.61. The van der Waals surface area contributed by atoms with Crippen LogP contribution in [0.25, 0.3) is 0 Å². The smallest absolute Gasteiger partial charge is 0.170 e. The maximum Gasteiger partial charge on any atom is 0.170 e. The van der Waals surface area contributed by atoms with Gasteiger partial charge in [-0.3, -0.25) is 9.48 Å². The van der Waals surface area contributed by atoms with Crippen LogP contribution in [0, 0.1) is 5.82 Å². The fraction of sp³-hybridized carbons (Fsp3) is 0.286. The van der Waals surface area contributed by atoms with Crippen molar-refractivity contribution < 1.29 is 9.18 Å². The first-order valence-corrected chi connectivity index (χ1v) is 5.91. The summed E-state index contributed by atoms with van der Waals surface area (Å²) in [5.74, 6) is -0.433. The fourth-order valence-electron chi connectivity index (χ4n) is 1.94. The topological polar surface area (TPSA) is 34.9 Å². The lowest BCUT2D eigenvalue weighted by atomic mass is 10.0. The van der Waals surface area contributed by atoms with E-state index in [1.54, 1.807) is 36.1 Å². The number of carbonyl (C=O) groups excluding carboxylic acids is 1. The Hall–Kier alpha value is -1.97. The quantitative estimate of drug-likeness (QED) is 0.777. The predicted octanol–water partition coefficient (Wildman–Crippen LogP) is 2.55. The number of ketones is 1. The van der Waals surface area contributed by atoms with Crippen LogP contribution in [0.1, 0.15) is 28.5 Å². The minimum Gasteiger partial charge on any atom is -0.294 e. The molecule has 0 saturated carbocycles. The molecule has 4 heteroatoms. The molecule has 18 heavy (non-hydrogen) atoms. The van der Waals surface area contributed by atoms with Crippen LogP contribution in [0.2, 0.25) is 0 Å². The van der Waals surface area contributed by atoms with Gasteiger partial charge in [-0.25, -0.2) is 4.39 Å². The highest BCUT2D eigenvalue weighted by Gasteiger charge is 2.16. The largest absolute Gasteiger partial charge is 0.294 e. The van der Waals surface area contributed by atoms with Crippen LogP contribution in [0.5, 0.6) is 0 Å². The summed E-state index contributed by atoms with van der Waals surface area (Å²) >= 11 is 0. The molecule has 0 bridgehead atoms. The van der Waals surface area contributed by atoms with Gasteiger partial charge < -0.3 is 0 Å². The van der Waals surface area contributed by atoms with E-state index in [2.05, 4.69) is 5.10 Å². The molecule has 0 fully saturated rings. The van der Waals surface area contributed by atoms with E-state index in [1.807, 2.05) is 6.92 Å². The maximum absolute atomic E-state index is 13.5. The number of Topliss-reactive ketones (excluding diaryl/α,β-unsaturated/α-hetero) is 1. The molecule has 1 aromatic carbocycles. The van der Waals surface area contributed by atoms with E-state index in [4.69, 9.17) is 0 Å². The standard InChI is InChI=1S/C14H15FN2O/c1-3-13-11(9-17(2)16-13)14(18)8-10-6-4-5-7-12(10)15/h4-7,9H,3,8H2,1-2H3. The molecule has 0 aliphatic rings. The summed E-state index contributed by atoms with van der Waals surface area (Å²) in [5.41, 5.74) is 1.77. The number of aryl methyl sites for hydroxylation is 2.